The third-order valence-electron chi connectivity index (χ3n) is 2.68. The number of halogens is 2. The standard InChI is InChI=1S/C14H22FN3.HI/c1-10(2)6-7-17-14(16)18-9-12-4-5-13(15)11(3)8-12;/h4-5,8,10H,6-7,9H2,1-3H3,(H3,16,17,18);1H. The van der Waals surface area contributed by atoms with Gasteiger partial charge < -0.3 is 11.1 Å². The van der Waals surface area contributed by atoms with Crippen LogP contribution in [0.3, 0.4) is 0 Å². The molecule has 3 N–H and O–H groups in total. The normalized spacial score (nSPS) is 11.3. The Morgan fingerprint density at radius 1 is 1.42 bits per heavy atom. The summed E-state index contributed by atoms with van der Waals surface area (Å²) in [5.41, 5.74) is 7.33. The van der Waals surface area contributed by atoms with Crippen molar-refractivity contribution in [3.05, 3.63) is 35.1 Å². The molecule has 0 saturated heterocycles. The van der Waals surface area contributed by atoms with E-state index in [1.54, 1.807) is 19.1 Å². The van der Waals surface area contributed by atoms with Gasteiger partial charge in [-0.15, -0.1) is 24.0 Å². The van der Waals surface area contributed by atoms with Crippen LogP contribution >= 0.6 is 24.0 Å². The molecule has 0 heterocycles. The maximum absolute atomic E-state index is 13.1. The summed E-state index contributed by atoms with van der Waals surface area (Å²) in [5.74, 6) is 0.897. The smallest absolute Gasteiger partial charge is 0.188 e. The van der Waals surface area contributed by atoms with Gasteiger partial charge in [0.05, 0.1) is 6.54 Å². The van der Waals surface area contributed by atoms with Crippen LogP contribution in [0.4, 0.5) is 4.39 Å². The van der Waals surface area contributed by atoms with E-state index in [-0.39, 0.29) is 29.8 Å². The van der Waals surface area contributed by atoms with Crippen molar-refractivity contribution in [2.75, 3.05) is 6.54 Å². The molecule has 0 amide bonds. The number of rotatable bonds is 5. The number of nitrogens with zero attached hydrogens (tertiary/aromatic N) is 1. The molecule has 5 heteroatoms. The zero-order chi connectivity index (χ0) is 13.5. The average molecular weight is 379 g/mol. The maximum Gasteiger partial charge on any atom is 0.188 e. The van der Waals surface area contributed by atoms with Crippen LogP contribution in [0.25, 0.3) is 0 Å². The molecule has 0 atom stereocenters. The summed E-state index contributed by atoms with van der Waals surface area (Å²) >= 11 is 0. The first-order valence-electron chi connectivity index (χ1n) is 6.28. The van der Waals surface area contributed by atoms with Gasteiger partial charge in [-0.2, -0.15) is 0 Å². The van der Waals surface area contributed by atoms with E-state index in [4.69, 9.17) is 5.73 Å². The van der Waals surface area contributed by atoms with Crippen molar-refractivity contribution in [3.8, 4) is 0 Å². The van der Waals surface area contributed by atoms with Crippen molar-refractivity contribution in [1.82, 2.24) is 5.32 Å². The molecule has 0 radical (unpaired) electrons. The molecule has 3 nitrogen and oxygen atoms in total. The van der Waals surface area contributed by atoms with Crippen molar-refractivity contribution in [2.45, 2.75) is 33.7 Å². The molecule has 0 spiro atoms. The van der Waals surface area contributed by atoms with Gasteiger partial charge in [-0.25, -0.2) is 9.38 Å². The van der Waals surface area contributed by atoms with Crippen molar-refractivity contribution in [2.24, 2.45) is 16.6 Å². The summed E-state index contributed by atoms with van der Waals surface area (Å²) in [4.78, 5) is 4.22. The van der Waals surface area contributed by atoms with Gasteiger partial charge in [0.1, 0.15) is 5.82 Å². The lowest BCUT2D eigenvalue weighted by molar-refractivity contribution is 0.576. The van der Waals surface area contributed by atoms with E-state index in [0.29, 0.717) is 24.0 Å². The Hall–Kier alpha value is -0.850. The Morgan fingerprint density at radius 2 is 2.11 bits per heavy atom. The molecule has 1 aromatic rings. The van der Waals surface area contributed by atoms with Crippen LogP contribution < -0.4 is 11.1 Å². The Kier molecular flexibility index (Phi) is 8.71. The van der Waals surface area contributed by atoms with Gasteiger partial charge in [0.2, 0.25) is 0 Å². The maximum atomic E-state index is 13.1. The minimum atomic E-state index is -0.189. The molecule has 108 valence electrons. The summed E-state index contributed by atoms with van der Waals surface area (Å²) in [7, 11) is 0. The Morgan fingerprint density at radius 3 is 2.68 bits per heavy atom. The van der Waals surface area contributed by atoms with E-state index >= 15 is 0 Å². The lowest BCUT2D eigenvalue weighted by Crippen LogP contribution is -2.32. The second kappa shape index (κ2) is 9.12. The van der Waals surface area contributed by atoms with Crippen LogP contribution in [0.5, 0.6) is 0 Å². The first-order valence-corrected chi connectivity index (χ1v) is 6.28. The fourth-order valence-corrected chi connectivity index (χ4v) is 1.53. The molecule has 0 unspecified atom stereocenters. The second-order valence-electron chi connectivity index (χ2n) is 4.89. The molecule has 1 aromatic carbocycles. The fraction of sp³-hybridized carbons (Fsp3) is 0.500. The van der Waals surface area contributed by atoms with E-state index in [2.05, 4.69) is 24.2 Å². The summed E-state index contributed by atoms with van der Waals surface area (Å²) in [5, 5.41) is 3.06. The molecule has 0 aliphatic rings. The lowest BCUT2D eigenvalue weighted by atomic mass is 10.1. The highest BCUT2D eigenvalue weighted by molar-refractivity contribution is 14.0. The predicted octanol–water partition coefficient (Wildman–Crippen LogP) is 3.20. The minimum Gasteiger partial charge on any atom is -0.370 e. The first-order chi connectivity index (χ1) is 8.49. The molecule has 0 bridgehead atoms. The van der Waals surface area contributed by atoms with Gasteiger partial charge in [-0.3, -0.25) is 0 Å². The molecule has 0 fully saturated rings. The van der Waals surface area contributed by atoms with Gasteiger partial charge in [0.25, 0.3) is 0 Å². The number of aliphatic imine (C=N–C) groups is 1. The van der Waals surface area contributed by atoms with Crippen LogP contribution in [0.1, 0.15) is 31.4 Å². The third kappa shape index (κ3) is 7.34. The van der Waals surface area contributed by atoms with Gasteiger partial charge in [0, 0.05) is 6.54 Å². The van der Waals surface area contributed by atoms with Crippen LogP contribution in [-0.4, -0.2) is 12.5 Å². The fourth-order valence-electron chi connectivity index (χ4n) is 1.53. The van der Waals surface area contributed by atoms with Crippen molar-refractivity contribution < 1.29 is 4.39 Å². The molecule has 0 aromatic heterocycles. The van der Waals surface area contributed by atoms with Crippen molar-refractivity contribution in [3.63, 3.8) is 0 Å². The Bertz CT molecular complexity index is 419. The number of benzene rings is 1. The zero-order valence-corrected chi connectivity index (χ0v) is 14.1. The van der Waals surface area contributed by atoms with Gasteiger partial charge >= 0.3 is 0 Å². The summed E-state index contributed by atoms with van der Waals surface area (Å²) in [6.07, 6.45) is 1.06. The molecule has 1 rings (SSSR count). The number of guanidine groups is 1. The van der Waals surface area contributed by atoms with Crippen LogP contribution in [-0.2, 0) is 6.54 Å². The van der Waals surface area contributed by atoms with E-state index in [1.807, 2.05) is 0 Å². The van der Waals surface area contributed by atoms with E-state index < -0.39 is 0 Å². The van der Waals surface area contributed by atoms with E-state index in [0.717, 1.165) is 18.5 Å². The second-order valence-corrected chi connectivity index (χ2v) is 4.89. The van der Waals surface area contributed by atoms with Crippen molar-refractivity contribution >= 4 is 29.9 Å². The quantitative estimate of drug-likeness (QED) is 0.469. The predicted molar refractivity (Wildman–Crippen MR) is 89.3 cm³/mol. The molecule has 0 aliphatic heterocycles. The van der Waals surface area contributed by atoms with Gasteiger partial charge in [-0.1, -0.05) is 26.0 Å². The monoisotopic (exact) mass is 379 g/mol. The third-order valence-corrected chi connectivity index (χ3v) is 2.68. The minimum absolute atomic E-state index is 0. The largest absolute Gasteiger partial charge is 0.370 e. The Labute approximate surface area is 131 Å². The van der Waals surface area contributed by atoms with Crippen LogP contribution in [0.2, 0.25) is 0 Å². The number of nitrogens with two attached hydrogens (primary N) is 1. The number of aryl methyl sites for hydroxylation is 1. The lowest BCUT2D eigenvalue weighted by Gasteiger charge is -2.07. The SMILES string of the molecule is Cc1cc(CN=C(N)NCCC(C)C)ccc1F.I. The van der Waals surface area contributed by atoms with Gasteiger partial charge in [-0.05, 0) is 36.5 Å². The van der Waals surface area contributed by atoms with Crippen LogP contribution in [0.15, 0.2) is 23.2 Å². The summed E-state index contributed by atoms with van der Waals surface area (Å²) < 4.78 is 13.1. The molecule has 0 saturated carbocycles. The van der Waals surface area contributed by atoms with Crippen molar-refractivity contribution in [1.29, 1.82) is 0 Å². The average Bonchev–Trinajstić information content (AvgIpc) is 2.30. The highest BCUT2D eigenvalue weighted by Crippen LogP contribution is 2.09. The highest BCUT2D eigenvalue weighted by Gasteiger charge is 1.99. The molecular formula is C14H23FIN3. The summed E-state index contributed by atoms with van der Waals surface area (Å²) in [6, 6.07) is 4.98. The molecule has 19 heavy (non-hydrogen) atoms. The number of nitrogens with one attached hydrogen (secondary N) is 1. The van der Waals surface area contributed by atoms with Crippen LogP contribution in [0, 0.1) is 18.7 Å². The van der Waals surface area contributed by atoms with E-state index in [9.17, 15) is 4.39 Å². The number of hydrogen-bond acceptors (Lipinski definition) is 1. The molecule has 0 aliphatic carbocycles. The highest BCUT2D eigenvalue weighted by atomic mass is 127. The van der Waals surface area contributed by atoms with E-state index in [1.165, 1.54) is 6.07 Å². The summed E-state index contributed by atoms with van der Waals surface area (Å²) in [6.45, 7) is 7.37. The Balaban J connectivity index is 0.00000324. The number of hydrogen-bond donors (Lipinski definition) is 2. The zero-order valence-electron chi connectivity index (χ0n) is 11.7. The topological polar surface area (TPSA) is 50.4 Å². The molecular weight excluding hydrogens is 356 g/mol. The van der Waals surface area contributed by atoms with Gasteiger partial charge in [0.15, 0.2) is 5.96 Å². The first kappa shape index (κ1) is 18.1.